The molecule has 0 aliphatic rings. The Hall–Kier alpha value is -1.29. The first-order valence-corrected chi connectivity index (χ1v) is 6.26. The number of hydrogen-bond acceptors (Lipinski definition) is 2. The highest BCUT2D eigenvalue weighted by Gasteiger charge is 2.11. The first kappa shape index (κ1) is 14.8. The Morgan fingerprint density at radius 2 is 2.06 bits per heavy atom. The van der Waals surface area contributed by atoms with Crippen LogP contribution in [0.2, 0.25) is 5.02 Å². The van der Waals surface area contributed by atoms with Gasteiger partial charge >= 0.3 is 0 Å². The molecule has 1 unspecified atom stereocenters. The Bertz CT molecular complexity index is 423. The summed E-state index contributed by atoms with van der Waals surface area (Å²) in [6, 6.07) is 4.13. The van der Waals surface area contributed by atoms with E-state index in [4.69, 9.17) is 11.6 Å². The molecule has 1 aromatic rings. The third kappa shape index (κ3) is 4.53. The van der Waals surface area contributed by atoms with Gasteiger partial charge in [-0.2, -0.15) is 0 Å². The molecule has 18 heavy (non-hydrogen) atoms. The Morgan fingerprint density at radius 3 is 2.61 bits per heavy atom. The minimum Gasteiger partial charge on any atom is -0.375 e. The van der Waals surface area contributed by atoms with Gasteiger partial charge in [-0.3, -0.25) is 4.79 Å². The van der Waals surface area contributed by atoms with Gasteiger partial charge in [-0.25, -0.2) is 4.39 Å². The highest BCUT2D eigenvalue weighted by Crippen LogP contribution is 2.21. The smallest absolute Gasteiger partial charge is 0.239 e. The summed E-state index contributed by atoms with van der Waals surface area (Å²) in [6.07, 6.45) is 0. The van der Waals surface area contributed by atoms with Crippen LogP contribution < -0.4 is 10.6 Å². The van der Waals surface area contributed by atoms with Crippen molar-refractivity contribution in [1.29, 1.82) is 0 Å². The molecule has 100 valence electrons. The molecule has 0 bridgehead atoms. The predicted octanol–water partition coefficient (Wildman–Crippen LogP) is 3.05. The molecule has 1 aromatic carbocycles. The minimum absolute atomic E-state index is 0.114. The van der Waals surface area contributed by atoms with Gasteiger partial charge in [0, 0.05) is 6.04 Å². The molecular formula is C13H18ClFN2O. The van der Waals surface area contributed by atoms with Crippen LogP contribution in [0.15, 0.2) is 18.2 Å². The molecule has 0 aliphatic carbocycles. The van der Waals surface area contributed by atoms with Crippen LogP contribution in [-0.4, -0.2) is 18.5 Å². The number of amides is 1. The van der Waals surface area contributed by atoms with E-state index in [1.807, 2.05) is 20.8 Å². The molecule has 0 saturated carbocycles. The molecule has 0 radical (unpaired) electrons. The van der Waals surface area contributed by atoms with Crippen molar-refractivity contribution in [1.82, 2.24) is 5.32 Å². The number of rotatable bonds is 5. The SMILES string of the molecule is CC(C)C(C)NC(=O)CNc1ccc(F)cc1Cl. The third-order valence-electron chi connectivity index (χ3n) is 2.76. The van der Waals surface area contributed by atoms with E-state index in [2.05, 4.69) is 10.6 Å². The summed E-state index contributed by atoms with van der Waals surface area (Å²) in [5.41, 5.74) is 0.547. The van der Waals surface area contributed by atoms with Crippen molar-refractivity contribution in [2.75, 3.05) is 11.9 Å². The fraction of sp³-hybridized carbons (Fsp3) is 0.462. The summed E-state index contributed by atoms with van der Waals surface area (Å²) in [4.78, 5) is 11.6. The number of anilines is 1. The van der Waals surface area contributed by atoms with Gasteiger partial charge in [0.1, 0.15) is 5.82 Å². The summed E-state index contributed by atoms with van der Waals surface area (Å²) >= 11 is 5.83. The van der Waals surface area contributed by atoms with Crippen LogP contribution in [0.25, 0.3) is 0 Å². The second kappa shape index (κ2) is 6.59. The van der Waals surface area contributed by atoms with Gasteiger partial charge in [0.2, 0.25) is 5.91 Å². The fourth-order valence-corrected chi connectivity index (χ4v) is 1.51. The molecule has 3 nitrogen and oxygen atoms in total. The van der Waals surface area contributed by atoms with E-state index in [1.54, 1.807) is 0 Å². The Labute approximate surface area is 112 Å². The van der Waals surface area contributed by atoms with Gasteiger partial charge in [0.15, 0.2) is 0 Å². The molecule has 0 heterocycles. The maximum Gasteiger partial charge on any atom is 0.239 e. The largest absolute Gasteiger partial charge is 0.375 e. The summed E-state index contributed by atoms with van der Waals surface area (Å²) in [6.45, 7) is 6.14. The molecule has 0 aromatic heterocycles. The number of hydrogen-bond donors (Lipinski definition) is 2. The zero-order valence-electron chi connectivity index (χ0n) is 10.8. The van der Waals surface area contributed by atoms with Crippen LogP contribution in [0.3, 0.4) is 0 Å². The first-order valence-electron chi connectivity index (χ1n) is 5.88. The van der Waals surface area contributed by atoms with Crippen LogP contribution in [0, 0.1) is 11.7 Å². The van der Waals surface area contributed by atoms with Gasteiger partial charge in [-0.15, -0.1) is 0 Å². The molecular weight excluding hydrogens is 255 g/mol. The Morgan fingerprint density at radius 1 is 1.39 bits per heavy atom. The van der Waals surface area contributed by atoms with E-state index in [0.29, 0.717) is 11.6 Å². The standard InChI is InChI=1S/C13H18ClFN2O/c1-8(2)9(3)17-13(18)7-16-12-5-4-10(15)6-11(12)14/h4-6,8-9,16H,7H2,1-3H3,(H,17,18). The topological polar surface area (TPSA) is 41.1 Å². The lowest BCUT2D eigenvalue weighted by Gasteiger charge is -2.18. The van der Waals surface area contributed by atoms with Crippen LogP contribution in [0.1, 0.15) is 20.8 Å². The lowest BCUT2D eigenvalue weighted by atomic mass is 10.1. The zero-order chi connectivity index (χ0) is 13.7. The molecule has 0 spiro atoms. The number of carbonyl (C=O) groups excluding carboxylic acids is 1. The second-order valence-electron chi connectivity index (χ2n) is 4.58. The Balaban J connectivity index is 2.47. The zero-order valence-corrected chi connectivity index (χ0v) is 11.5. The van der Waals surface area contributed by atoms with Crippen LogP contribution in [0.5, 0.6) is 0 Å². The van der Waals surface area contributed by atoms with Gasteiger partial charge in [-0.05, 0) is 31.0 Å². The highest BCUT2D eigenvalue weighted by atomic mass is 35.5. The monoisotopic (exact) mass is 272 g/mol. The number of halogens is 2. The van der Waals surface area contributed by atoms with Crippen molar-refractivity contribution in [3.05, 3.63) is 29.0 Å². The summed E-state index contributed by atoms with van der Waals surface area (Å²) < 4.78 is 12.8. The summed E-state index contributed by atoms with van der Waals surface area (Å²) in [5, 5.41) is 6.00. The molecule has 0 fully saturated rings. The van der Waals surface area contributed by atoms with Gasteiger partial charge in [-0.1, -0.05) is 25.4 Å². The lowest BCUT2D eigenvalue weighted by molar-refractivity contribution is -0.120. The van der Waals surface area contributed by atoms with E-state index in [1.165, 1.54) is 18.2 Å². The lowest BCUT2D eigenvalue weighted by Crippen LogP contribution is -2.39. The number of benzene rings is 1. The average molecular weight is 273 g/mol. The third-order valence-corrected chi connectivity index (χ3v) is 3.07. The van der Waals surface area contributed by atoms with Crippen molar-refractivity contribution < 1.29 is 9.18 Å². The van der Waals surface area contributed by atoms with Crippen LogP contribution in [0.4, 0.5) is 10.1 Å². The average Bonchev–Trinajstić information content (AvgIpc) is 2.27. The highest BCUT2D eigenvalue weighted by molar-refractivity contribution is 6.33. The van der Waals surface area contributed by atoms with Gasteiger partial charge < -0.3 is 10.6 Å². The van der Waals surface area contributed by atoms with E-state index >= 15 is 0 Å². The van der Waals surface area contributed by atoms with E-state index < -0.39 is 5.82 Å². The van der Waals surface area contributed by atoms with Crippen LogP contribution in [-0.2, 0) is 4.79 Å². The molecule has 1 atom stereocenters. The summed E-state index contributed by atoms with van der Waals surface area (Å²) in [7, 11) is 0. The quantitative estimate of drug-likeness (QED) is 0.865. The van der Waals surface area contributed by atoms with E-state index in [-0.39, 0.29) is 23.5 Å². The maximum absolute atomic E-state index is 12.8. The van der Waals surface area contributed by atoms with Crippen molar-refractivity contribution in [2.45, 2.75) is 26.8 Å². The summed E-state index contributed by atoms with van der Waals surface area (Å²) in [5.74, 6) is -0.136. The fourth-order valence-electron chi connectivity index (χ4n) is 1.28. The van der Waals surface area contributed by atoms with Crippen molar-refractivity contribution in [3.63, 3.8) is 0 Å². The van der Waals surface area contributed by atoms with Crippen molar-refractivity contribution in [2.24, 2.45) is 5.92 Å². The molecule has 2 N–H and O–H groups in total. The Kier molecular flexibility index (Phi) is 5.41. The molecule has 0 aliphatic heterocycles. The van der Waals surface area contributed by atoms with E-state index in [9.17, 15) is 9.18 Å². The first-order chi connectivity index (χ1) is 8.40. The van der Waals surface area contributed by atoms with Gasteiger partial charge in [0.25, 0.3) is 0 Å². The predicted molar refractivity (Wildman–Crippen MR) is 72.3 cm³/mol. The number of carbonyl (C=O) groups is 1. The minimum atomic E-state index is -0.400. The molecule has 0 saturated heterocycles. The van der Waals surface area contributed by atoms with Gasteiger partial charge in [0.05, 0.1) is 17.3 Å². The maximum atomic E-state index is 12.8. The number of nitrogens with one attached hydrogen (secondary N) is 2. The van der Waals surface area contributed by atoms with Crippen LogP contribution >= 0.6 is 11.6 Å². The molecule has 1 amide bonds. The normalized spacial score (nSPS) is 12.3. The molecule has 1 rings (SSSR count). The van der Waals surface area contributed by atoms with Crippen molar-refractivity contribution in [3.8, 4) is 0 Å². The second-order valence-corrected chi connectivity index (χ2v) is 4.99. The van der Waals surface area contributed by atoms with E-state index in [0.717, 1.165) is 0 Å². The van der Waals surface area contributed by atoms with Crippen molar-refractivity contribution >= 4 is 23.2 Å². The molecule has 5 heteroatoms.